The molecule has 2 aliphatic heterocycles. The van der Waals surface area contributed by atoms with Crippen molar-refractivity contribution in [2.24, 2.45) is 11.0 Å². The van der Waals surface area contributed by atoms with E-state index in [2.05, 4.69) is 38.0 Å². The molecule has 140 valence electrons. The quantitative estimate of drug-likeness (QED) is 0.598. The fourth-order valence-electron chi connectivity index (χ4n) is 3.51. The second-order valence-electron chi connectivity index (χ2n) is 7.18. The van der Waals surface area contributed by atoms with Gasteiger partial charge in [0.25, 0.3) is 5.96 Å². The molecule has 1 aromatic rings. The highest BCUT2D eigenvalue weighted by atomic mass is 16.7. The lowest BCUT2D eigenvalue weighted by atomic mass is 10.1. The summed E-state index contributed by atoms with van der Waals surface area (Å²) >= 11 is 0. The Bertz CT molecular complexity index is 731. The predicted molar refractivity (Wildman–Crippen MR) is 101 cm³/mol. The van der Waals surface area contributed by atoms with Crippen molar-refractivity contribution in [3.63, 3.8) is 0 Å². The van der Waals surface area contributed by atoms with Crippen LogP contribution >= 0.6 is 0 Å². The van der Waals surface area contributed by atoms with Gasteiger partial charge in [0.2, 0.25) is 0 Å². The zero-order valence-electron chi connectivity index (χ0n) is 15.6. The Kier molecular flexibility index (Phi) is 5.56. The molecule has 3 rings (SSSR count). The van der Waals surface area contributed by atoms with E-state index in [1.54, 1.807) is 0 Å². The minimum Gasteiger partial charge on any atom is -0.378 e. The highest BCUT2D eigenvalue weighted by Gasteiger charge is 2.32. The average molecular weight is 358 g/mol. The number of guanidine groups is 1. The molecule has 2 saturated heterocycles. The van der Waals surface area contributed by atoms with Gasteiger partial charge in [0.1, 0.15) is 5.10 Å². The summed E-state index contributed by atoms with van der Waals surface area (Å²) in [5.41, 5.74) is 3.55. The van der Waals surface area contributed by atoms with Crippen LogP contribution in [0.4, 0.5) is 0 Å². The highest BCUT2D eigenvalue weighted by Crippen LogP contribution is 2.22. The summed E-state index contributed by atoms with van der Waals surface area (Å²) < 4.78 is 5.62. The van der Waals surface area contributed by atoms with Gasteiger partial charge >= 0.3 is 0 Å². The highest BCUT2D eigenvalue weighted by molar-refractivity contribution is 5.83. The zero-order valence-corrected chi connectivity index (χ0v) is 15.6. The van der Waals surface area contributed by atoms with Crippen LogP contribution in [0.5, 0.6) is 0 Å². The molecule has 2 unspecified atom stereocenters. The lowest BCUT2D eigenvalue weighted by Gasteiger charge is -2.21. The Morgan fingerprint density at radius 3 is 2.81 bits per heavy atom. The van der Waals surface area contributed by atoms with Crippen molar-refractivity contribution in [2.45, 2.75) is 33.3 Å². The van der Waals surface area contributed by atoms with Gasteiger partial charge in [0.15, 0.2) is 5.03 Å². The molecule has 2 aliphatic rings. The Hall–Kier alpha value is -2.41. The van der Waals surface area contributed by atoms with Crippen LogP contribution in [-0.2, 0) is 4.74 Å². The monoisotopic (exact) mass is 358 g/mol. The summed E-state index contributed by atoms with van der Waals surface area (Å²) in [4.78, 5) is 14.9. The van der Waals surface area contributed by atoms with Gasteiger partial charge < -0.3 is 14.5 Å². The number of ether oxygens (including phenoxy) is 1. The van der Waals surface area contributed by atoms with E-state index in [1.807, 2.05) is 28.1 Å². The van der Waals surface area contributed by atoms with Gasteiger partial charge in [-0.15, -0.1) is 0 Å². The molecule has 2 heterocycles. The fraction of sp³-hybridized carbons (Fsp3) is 0.526. The molecule has 7 heteroatoms. The lowest BCUT2D eigenvalue weighted by molar-refractivity contribution is -0.486. The number of nitro groups is 1. The maximum absolute atomic E-state index is 11.0. The number of hydrazone groups is 1. The van der Waals surface area contributed by atoms with Crippen LogP contribution in [-0.4, -0.2) is 53.1 Å². The van der Waals surface area contributed by atoms with Gasteiger partial charge in [0, 0.05) is 31.8 Å². The summed E-state index contributed by atoms with van der Waals surface area (Å²) in [7, 11) is 0. The topological polar surface area (TPSA) is 71.2 Å². The molecular weight excluding hydrogens is 332 g/mol. The van der Waals surface area contributed by atoms with Crippen LogP contribution in [0.3, 0.4) is 0 Å². The van der Waals surface area contributed by atoms with E-state index >= 15 is 0 Å². The summed E-state index contributed by atoms with van der Waals surface area (Å²) in [6.45, 7) is 9.10. The Balaban J connectivity index is 1.72. The molecule has 0 aromatic heterocycles. The van der Waals surface area contributed by atoms with Gasteiger partial charge in [-0.25, -0.2) is 10.1 Å². The van der Waals surface area contributed by atoms with Crippen LogP contribution in [0.25, 0.3) is 6.08 Å². The predicted octanol–water partition coefficient (Wildman–Crippen LogP) is 2.86. The second kappa shape index (κ2) is 7.86. The van der Waals surface area contributed by atoms with Crippen molar-refractivity contribution in [1.82, 2.24) is 9.80 Å². The number of aryl methyl sites for hydroxylation is 2. The normalized spacial score (nSPS) is 25.0. The largest absolute Gasteiger partial charge is 0.378 e. The van der Waals surface area contributed by atoms with Crippen LogP contribution in [0.15, 0.2) is 29.5 Å². The number of rotatable bonds is 5. The van der Waals surface area contributed by atoms with Crippen molar-refractivity contribution >= 4 is 12.0 Å². The summed E-state index contributed by atoms with van der Waals surface area (Å²) in [5, 5.41) is 14.0. The SMILES string of the molecule is Cc1ccc(C=CN2CCN(CC3COC(C)C3)C2=N[N+](=O)[O-])cc1C. The standard InChI is InChI=1S/C19H26N4O3/c1-14-4-5-17(10-15(14)2)6-7-21-8-9-22(19(21)20-23(24)25)12-18-11-16(3)26-13-18/h4-7,10,16,18H,8-9,11-13H2,1-3H3. The van der Waals surface area contributed by atoms with Crippen molar-refractivity contribution in [2.75, 3.05) is 26.2 Å². The van der Waals surface area contributed by atoms with Gasteiger partial charge in [-0.2, -0.15) is 0 Å². The molecule has 7 nitrogen and oxygen atoms in total. The maximum atomic E-state index is 11.0. The van der Waals surface area contributed by atoms with Crippen LogP contribution in [0, 0.1) is 29.9 Å². The number of hydrogen-bond donors (Lipinski definition) is 0. The number of nitrogens with zero attached hydrogens (tertiary/aromatic N) is 4. The van der Waals surface area contributed by atoms with Gasteiger partial charge in [-0.05, 0) is 50.0 Å². The van der Waals surface area contributed by atoms with Crippen molar-refractivity contribution < 1.29 is 9.77 Å². The minimum atomic E-state index is -0.613. The molecule has 0 aliphatic carbocycles. The third-order valence-electron chi connectivity index (χ3n) is 5.06. The van der Waals surface area contributed by atoms with E-state index in [9.17, 15) is 10.1 Å². The maximum Gasteiger partial charge on any atom is 0.278 e. The molecule has 0 amide bonds. The molecule has 0 N–H and O–H groups in total. The van der Waals surface area contributed by atoms with E-state index < -0.39 is 5.03 Å². The summed E-state index contributed by atoms with van der Waals surface area (Å²) in [6, 6.07) is 6.24. The fourth-order valence-corrected chi connectivity index (χ4v) is 3.51. The lowest BCUT2D eigenvalue weighted by Crippen LogP contribution is -2.35. The molecule has 0 radical (unpaired) electrons. The van der Waals surface area contributed by atoms with Crippen molar-refractivity contribution in [3.05, 3.63) is 51.2 Å². The first-order valence-corrected chi connectivity index (χ1v) is 9.04. The Morgan fingerprint density at radius 2 is 2.15 bits per heavy atom. The first-order valence-electron chi connectivity index (χ1n) is 9.04. The molecule has 0 saturated carbocycles. The van der Waals surface area contributed by atoms with E-state index in [0.29, 0.717) is 25.0 Å². The van der Waals surface area contributed by atoms with Crippen LogP contribution < -0.4 is 0 Å². The first kappa shape index (κ1) is 18.4. The molecule has 0 bridgehead atoms. The Labute approximate surface area is 154 Å². The minimum absolute atomic E-state index is 0.263. The third kappa shape index (κ3) is 4.40. The molecular formula is C19H26N4O3. The number of benzene rings is 1. The van der Waals surface area contributed by atoms with Crippen LogP contribution in [0.1, 0.15) is 30.0 Å². The molecule has 26 heavy (non-hydrogen) atoms. The first-order chi connectivity index (χ1) is 12.4. The van der Waals surface area contributed by atoms with Gasteiger partial charge in [0.05, 0.1) is 12.7 Å². The van der Waals surface area contributed by atoms with Gasteiger partial charge in [-0.3, -0.25) is 0 Å². The summed E-state index contributed by atoms with van der Waals surface area (Å²) in [6.07, 6.45) is 5.12. The van der Waals surface area contributed by atoms with E-state index in [1.165, 1.54) is 11.1 Å². The van der Waals surface area contributed by atoms with Gasteiger partial charge in [-0.1, -0.05) is 18.2 Å². The van der Waals surface area contributed by atoms with Crippen molar-refractivity contribution in [1.29, 1.82) is 0 Å². The third-order valence-corrected chi connectivity index (χ3v) is 5.06. The second-order valence-corrected chi connectivity index (χ2v) is 7.18. The smallest absolute Gasteiger partial charge is 0.278 e. The molecule has 2 fully saturated rings. The molecule has 2 atom stereocenters. The van der Waals surface area contributed by atoms with Crippen molar-refractivity contribution in [3.8, 4) is 0 Å². The molecule has 0 spiro atoms. The van der Waals surface area contributed by atoms with E-state index in [0.717, 1.165) is 25.1 Å². The molecule has 1 aromatic carbocycles. The van der Waals surface area contributed by atoms with Crippen LogP contribution in [0.2, 0.25) is 0 Å². The average Bonchev–Trinajstić information content (AvgIpc) is 3.15. The van der Waals surface area contributed by atoms with E-state index in [4.69, 9.17) is 4.74 Å². The summed E-state index contributed by atoms with van der Waals surface area (Å²) in [5.74, 6) is 0.806. The Morgan fingerprint density at radius 1 is 1.35 bits per heavy atom. The van der Waals surface area contributed by atoms with E-state index in [-0.39, 0.29) is 6.10 Å². The zero-order chi connectivity index (χ0) is 18.7. The number of hydrogen-bond acceptors (Lipinski definition) is 3.